The largest absolute Gasteiger partial charge is 0.505 e. The van der Waals surface area contributed by atoms with Crippen LogP contribution >= 0.6 is 0 Å². The number of aromatic hydroxyl groups is 1. The monoisotopic (exact) mass is 272 g/mol. The van der Waals surface area contributed by atoms with E-state index in [4.69, 9.17) is 4.74 Å². The first-order chi connectivity index (χ1) is 9.61. The van der Waals surface area contributed by atoms with E-state index in [-0.39, 0.29) is 17.2 Å². The van der Waals surface area contributed by atoms with Gasteiger partial charge in [0.25, 0.3) is 5.91 Å². The van der Waals surface area contributed by atoms with Crippen molar-refractivity contribution in [1.82, 2.24) is 9.88 Å². The van der Waals surface area contributed by atoms with Gasteiger partial charge in [-0.2, -0.15) is 0 Å². The van der Waals surface area contributed by atoms with Gasteiger partial charge in [0.1, 0.15) is 11.5 Å². The Hall–Kier alpha value is -2.56. The van der Waals surface area contributed by atoms with E-state index in [2.05, 4.69) is 4.98 Å². The Morgan fingerprint density at radius 3 is 2.90 bits per heavy atom. The summed E-state index contributed by atoms with van der Waals surface area (Å²) in [5.74, 6) is 0.373. The Labute approximate surface area is 117 Å². The number of ether oxygens (including phenoxy) is 1. The van der Waals surface area contributed by atoms with Crippen LogP contribution in [0.15, 0.2) is 42.7 Å². The molecule has 0 spiro atoms. The molecule has 2 aromatic rings. The molecular weight excluding hydrogens is 256 g/mol. The van der Waals surface area contributed by atoms with Gasteiger partial charge in [-0.3, -0.25) is 9.78 Å². The van der Waals surface area contributed by atoms with Gasteiger partial charge in [-0.15, -0.1) is 0 Å². The van der Waals surface area contributed by atoms with Gasteiger partial charge >= 0.3 is 0 Å². The van der Waals surface area contributed by atoms with Gasteiger partial charge < -0.3 is 14.7 Å². The lowest BCUT2D eigenvalue weighted by Crippen LogP contribution is -2.26. The van der Waals surface area contributed by atoms with Gasteiger partial charge in [0, 0.05) is 19.8 Å². The average molecular weight is 272 g/mol. The maximum atomic E-state index is 12.2. The van der Waals surface area contributed by atoms with E-state index >= 15 is 0 Å². The second-order valence-electron chi connectivity index (χ2n) is 4.41. The minimum atomic E-state index is -0.257. The van der Waals surface area contributed by atoms with Gasteiger partial charge in [-0.05, 0) is 23.8 Å². The number of amides is 1. The van der Waals surface area contributed by atoms with Gasteiger partial charge in [0.2, 0.25) is 0 Å². The highest BCUT2D eigenvalue weighted by Crippen LogP contribution is 2.18. The lowest BCUT2D eigenvalue weighted by Gasteiger charge is -2.18. The van der Waals surface area contributed by atoms with Crippen molar-refractivity contribution in [2.75, 3.05) is 14.2 Å². The fraction of sp³-hybridized carbons (Fsp3) is 0.200. The van der Waals surface area contributed by atoms with Crippen LogP contribution in [0.1, 0.15) is 15.9 Å². The van der Waals surface area contributed by atoms with Crippen LogP contribution < -0.4 is 4.74 Å². The maximum absolute atomic E-state index is 12.2. The van der Waals surface area contributed by atoms with Crippen LogP contribution in [0.5, 0.6) is 11.5 Å². The fourth-order valence-corrected chi connectivity index (χ4v) is 1.89. The smallest absolute Gasteiger partial charge is 0.257 e. The maximum Gasteiger partial charge on any atom is 0.257 e. The van der Waals surface area contributed by atoms with Crippen molar-refractivity contribution in [2.24, 2.45) is 0 Å². The third-order valence-corrected chi connectivity index (χ3v) is 2.93. The van der Waals surface area contributed by atoms with Gasteiger partial charge in [0.15, 0.2) is 0 Å². The summed E-state index contributed by atoms with van der Waals surface area (Å²) in [5.41, 5.74) is 1.19. The quantitative estimate of drug-likeness (QED) is 0.925. The van der Waals surface area contributed by atoms with Crippen molar-refractivity contribution in [3.05, 3.63) is 53.9 Å². The zero-order valence-corrected chi connectivity index (χ0v) is 11.4. The molecule has 1 N–H and O–H groups in total. The van der Waals surface area contributed by atoms with E-state index in [0.717, 1.165) is 11.3 Å². The summed E-state index contributed by atoms with van der Waals surface area (Å²) in [7, 11) is 3.28. The van der Waals surface area contributed by atoms with Crippen LogP contribution in [0.3, 0.4) is 0 Å². The number of aromatic nitrogens is 1. The molecule has 0 radical (unpaired) electrons. The Kier molecular flexibility index (Phi) is 4.20. The summed E-state index contributed by atoms with van der Waals surface area (Å²) in [6.07, 6.45) is 2.74. The normalized spacial score (nSPS) is 10.1. The molecule has 1 aromatic carbocycles. The number of benzene rings is 1. The van der Waals surface area contributed by atoms with Crippen molar-refractivity contribution in [1.29, 1.82) is 0 Å². The van der Waals surface area contributed by atoms with Crippen molar-refractivity contribution in [3.63, 3.8) is 0 Å². The molecule has 20 heavy (non-hydrogen) atoms. The van der Waals surface area contributed by atoms with E-state index in [1.807, 2.05) is 24.3 Å². The molecule has 1 heterocycles. The third-order valence-electron chi connectivity index (χ3n) is 2.93. The molecule has 0 aliphatic heterocycles. The van der Waals surface area contributed by atoms with E-state index in [1.165, 1.54) is 23.4 Å². The zero-order chi connectivity index (χ0) is 14.5. The SMILES string of the molecule is COc1cccc(CN(C)C(=O)c2ccncc2O)c1. The minimum absolute atomic E-state index is 0.116. The lowest BCUT2D eigenvalue weighted by atomic mass is 10.1. The van der Waals surface area contributed by atoms with Gasteiger partial charge in [-0.25, -0.2) is 0 Å². The average Bonchev–Trinajstić information content (AvgIpc) is 2.47. The first-order valence-corrected chi connectivity index (χ1v) is 6.13. The molecule has 0 saturated carbocycles. The van der Waals surface area contributed by atoms with Crippen molar-refractivity contribution >= 4 is 5.91 Å². The second kappa shape index (κ2) is 6.06. The number of methoxy groups -OCH3 is 1. The molecule has 0 bridgehead atoms. The summed E-state index contributed by atoms with van der Waals surface area (Å²) in [6, 6.07) is 9.01. The second-order valence-corrected chi connectivity index (χ2v) is 4.41. The molecule has 0 fully saturated rings. The highest BCUT2D eigenvalue weighted by Gasteiger charge is 2.15. The third kappa shape index (κ3) is 3.06. The molecule has 0 aliphatic rings. The van der Waals surface area contributed by atoms with E-state index < -0.39 is 0 Å². The van der Waals surface area contributed by atoms with Crippen LogP contribution in [0.2, 0.25) is 0 Å². The number of hydrogen-bond acceptors (Lipinski definition) is 4. The van der Waals surface area contributed by atoms with E-state index in [1.54, 1.807) is 14.2 Å². The van der Waals surface area contributed by atoms with Crippen LogP contribution in [0.4, 0.5) is 0 Å². The molecular formula is C15H16N2O3. The molecule has 0 aliphatic carbocycles. The number of hydrogen-bond donors (Lipinski definition) is 1. The van der Waals surface area contributed by atoms with Crippen LogP contribution in [0.25, 0.3) is 0 Å². The Morgan fingerprint density at radius 1 is 1.40 bits per heavy atom. The van der Waals surface area contributed by atoms with Crippen molar-refractivity contribution in [3.8, 4) is 11.5 Å². The summed E-state index contributed by atoms with van der Waals surface area (Å²) in [6.45, 7) is 0.428. The van der Waals surface area contributed by atoms with Gasteiger partial charge in [-0.1, -0.05) is 12.1 Å². The molecule has 104 valence electrons. The zero-order valence-electron chi connectivity index (χ0n) is 11.4. The number of carbonyl (C=O) groups excluding carboxylic acids is 1. The standard InChI is InChI=1S/C15H16N2O3/c1-17(10-11-4-3-5-12(8-11)20-2)15(19)13-6-7-16-9-14(13)18/h3-9,18H,10H2,1-2H3. The van der Waals surface area contributed by atoms with Gasteiger partial charge in [0.05, 0.1) is 18.9 Å². The molecule has 1 aromatic heterocycles. The molecule has 1 amide bonds. The Balaban J connectivity index is 2.13. The lowest BCUT2D eigenvalue weighted by molar-refractivity contribution is 0.0782. The number of carbonyl (C=O) groups is 1. The summed E-state index contributed by atoms with van der Waals surface area (Å²) >= 11 is 0. The van der Waals surface area contributed by atoms with Crippen molar-refractivity contribution in [2.45, 2.75) is 6.54 Å². The summed E-state index contributed by atoms with van der Waals surface area (Å²) in [5, 5.41) is 9.65. The Morgan fingerprint density at radius 2 is 2.20 bits per heavy atom. The number of pyridine rings is 1. The van der Waals surface area contributed by atoms with Crippen LogP contribution in [-0.2, 0) is 6.54 Å². The minimum Gasteiger partial charge on any atom is -0.505 e. The van der Waals surface area contributed by atoms with Crippen LogP contribution in [0, 0.1) is 0 Å². The predicted octanol–water partition coefficient (Wildman–Crippen LogP) is 2.07. The highest BCUT2D eigenvalue weighted by molar-refractivity contribution is 5.96. The summed E-state index contributed by atoms with van der Waals surface area (Å²) in [4.78, 5) is 17.5. The van der Waals surface area contributed by atoms with Crippen LogP contribution in [-0.4, -0.2) is 35.1 Å². The molecule has 0 unspecified atom stereocenters. The Bertz CT molecular complexity index is 614. The van der Waals surface area contributed by atoms with Crippen molar-refractivity contribution < 1.29 is 14.6 Å². The van der Waals surface area contributed by atoms with E-state index in [0.29, 0.717) is 6.54 Å². The fourth-order valence-electron chi connectivity index (χ4n) is 1.89. The molecule has 5 heteroatoms. The number of nitrogens with zero attached hydrogens (tertiary/aromatic N) is 2. The first kappa shape index (κ1) is 13.9. The van der Waals surface area contributed by atoms with E-state index in [9.17, 15) is 9.90 Å². The predicted molar refractivity (Wildman–Crippen MR) is 74.7 cm³/mol. The molecule has 2 rings (SSSR count). The molecule has 0 atom stereocenters. The topological polar surface area (TPSA) is 62.7 Å². The molecule has 0 saturated heterocycles. The first-order valence-electron chi connectivity index (χ1n) is 6.13. The summed E-state index contributed by atoms with van der Waals surface area (Å²) < 4.78 is 5.15. The molecule has 5 nitrogen and oxygen atoms in total. The highest BCUT2D eigenvalue weighted by atomic mass is 16.5. The number of rotatable bonds is 4.